The van der Waals surface area contributed by atoms with Gasteiger partial charge in [0, 0.05) is 49.4 Å². The van der Waals surface area contributed by atoms with Crippen molar-refractivity contribution in [3.05, 3.63) is 40.3 Å². The summed E-state index contributed by atoms with van der Waals surface area (Å²) >= 11 is 1.52. The van der Waals surface area contributed by atoms with E-state index in [1.54, 1.807) is 12.1 Å². The molecule has 1 saturated heterocycles. The number of piperidine rings is 1. The van der Waals surface area contributed by atoms with Crippen LogP contribution in [0.1, 0.15) is 41.6 Å². The molecule has 5 heteroatoms. The SMILES string of the molecule is O=C1C(=O)c2ccccc2C2=C1SCC1(CCN(CC3CC3)CC1)O2. The lowest BCUT2D eigenvalue weighted by Crippen LogP contribution is -2.49. The molecule has 1 aromatic carbocycles. The second-order valence-corrected chi connectivity index (χ2v) is 8.67. The molecular formula is C20H21NO3S. The topological polar surface area (TPSA) is 46.6 Å². The van der Waals surface area contributed by atoms with Gasteiger partial charge in [0.15, 0.2) is 0 Å². The number of likely N-dealkylation sites (tertiary alicyclic amines) is 1. The Morgan fingerprint density at radius 3 is 2.52 bits per heavy atom. The van der Waals surface area contributed by atoms with Gasteiger partial charge in [0.1, 0.15) is 16.3 Å². The molecule has 4 nitrogen and oxygen atoms in total. The van der Waals surface area contributed by atoms with Crippen molar-refractivity contribution in [3.8, 4) is 0 Å². The third-order valence-corrected chi connectivity index (χ3v) is 7.14. The van der Waals surface area contributed by atoms with E-state index in [1.165, 1.54) is 31.1 Å². The third-order valence-electron chi connectivity index (χ3n) is 5.81. The number of nitrogens with zero attached hydrogens (tertiary/aromatic N) is 1. The molecule has 25 heavy (non-hydrogen) atoms. The molecule has 5 rings (SSSR count). The average Bonchev–Trinajstić information content (AvgIpc) is 3.46. The van der Waals surface area contributed by atoms with Crippen molar-refractivity contribution in [2.75, 3.05) is 25.4 Å². The lowest BCUT2D eigenvalue weighted by molar-refractivity contribution is -0.111. The quantitative estimate of drug-likeness (QED) is 0.763. The van der Waals surface area contributed by atoms with E-state index in [2.05, 4.69) is 4.90 Å². The molecule has 4 aliphatic rings. The zero-order valence-corrected chi connectivity index (χ0v) is 14.9. The number of carbonyl (C=O) groups excluding carboxylic acids is 2. The lowest BCUT2D eigenvalue weighted by atomic mass is 9.90. The van der Waals surface area contributed by atoms with Gasteiger partial charge >= 0.3 is 0 Å². The van der Waals surface area contributed by atoms with Crippen LogP contribution in [0.25, 0.3) is 5.76 Å². The van der Waals surface area contributed by atoms with Crippen LogP contribution in [0, 0.1) is 5.92 Å². The molecule has 0 radical (unpaired) electrons. The van der Waals surface area contributed by atoms with Crippen LogP contribution in [0.2, 0.25) is 0 Å². The number of ketones is 2. The zero-order chi connectivity index (χ0) is 17.0. The van der Waals surface area contributed by atoms with E-state index in [0.717, 1.165) is 43.2 Å². The van der Waals surface area contributed by atoms with Crippen LogP contribution in [0.3, 0.4) is 0 Å². The fourth-order valence-electron chi connectivity index (χ4n) is 4.07. The first-order valence-electron chi connectivity index (χ1n) is 9.12. The summed E-state index contributed by atoms with van der Waals surface area (Å²) in [5.74, 6) is 1.52. The maximum Gasteiger partial charge on any atom is 0.243 e. The van der Waals surface area contributed by atoms with E-state index in [0.29, 0.717) is 16.2 Å². The molecule has 0 N–H and O–H groups in total. The summed E-state index contributed by atoms with van der Waals surface area (Å²) in [6, 6.07) is 7.33. The fraction of sp³-hybridized carbons (Fsp3) is 0.500. The highest BCUT2D eigenvalue weighted by Gasteiger charge is 2.46. The Kier molecular flexibility index (Phi) is 3.57. The standard InChI is InChI=1S/C20H21NO3S/c22-16-14-3-1-2-4-15(14)18-19(17(16)23)25-12-20(24-18)7-9-21(10-8-20)11-13-5-6-13/h1-4,13H,5-12H2. The van der Waals surface area contributed by atoms with Crippen molar-refractivity contribution in [2.24, 2.45) is 5.92 Å². The summed E-state index contributed by atoms with van der Waals surface area (Å²) in [4.78, 5) is 27.9. The van der Waals surface area contributed by atoms with Gasteiger partial charge in [0.05, 0.1) is 0 Å². The van der Waals surface area contributed by atoms with E-state index < -0.39 is 11.6 Å². The Morgan fingerprint density at radius 1 is 1.08 bits per heavy atom. The Bertz CT molecular complexity index is 788. The van der Waals surface area contributed by atoms with Gasteiger partial charge in [-0.2, -0.15) is 0 Å². The summed E-state index contributed by atoms with van der Waals surface area (Å²) in [5, 5.41) is 0. The van der Waals surface area contributed by atoms with E-state index in [-0.39, 0.29) is 5.60 Å². The van der Waals surface area contributed by atoms with Crippen LogP contribution in [0.4, 0.5) is 0 Å². The number of Topliss-reactive ketones (excluding diaryl/α,β-unsaturated/α-hetero) is 2. The molecule has 0 amide bonds. The third kappa shape index (κ3) is 2.64. The maximum atomic E-state index is 12.5. The smallest absolute Gasteiger partial charge is 0.243 e. The van der Waals surface area contributed by atoms with E-state index in [9.17, 15) is 9.59 Å². The highest BCUT2D eigenvalue weighted by atomic mass is 32.2. The van der Waals surface area contributed by atoms with Crippen molar-refractivity contribution in [1.82, 2.24) is 4.90 Å². The second-order valence-electron chi connectivity index (χ2n) is 7.68. The van der Waals surface area contributed by atoms with Gasteiger partial charge in [-0.25, -0.2) is 0 Å². The number of carbonyl (C=O) groups is 2. The monoisotopic (exact) mass is 355 g/mol. The molecule has 0 aromatic heterocycles. The van der Waals surface area contributed by atoms with Crippen molar-refractivity contribution >= 4 is 29.1 Å². The normalized spacial score (nSPS) is 25.6. The van der Waals surface area contributed by atoms with Crippen molar-refractivity contribution in [2.45, 2.75) is 31.3 Å². The van der Waals surface area contributed by atoms with Gasteiger partial charge in [0.25, 0.3) is 0 Å². The summed E-state index contributed by atoms with van der Waals surface area (Å²) in [6.07, 6.45) is 4.76. The fourth-order valence-corrected chi connectivity index (χ4v) is 5.33. The van der Waals surface area contributed by atoms with E-state index in [1.807, 2.05) is 12.1 Å². The van der Waals surface area contributed by atoms with Gasteiger partial charge in [0.2, 0.25) is 11.6 Å². The van der Waals surface area contributed by atoms with Crippen molar-refractivity contribution in [3.63, 3.8) is 0 Å². The molecule has 2 aliphatic heterocycles. The molecule has 1 aromatic rings. The number of hydrogen-bond acceptors (Lipinski definition) is 5. The molecule has 0 unspecified atom stereocenters. The minimum atomic E-state index is -0.403. The lowest BCUT2D eigenvalue weighted by Gasteiger charge is -2.45. The molecule has 130 valence electrons. The van der Waals surface area contributed by atoms with Gasteiger partial charge in [-0.3, -0.25) is 9.59 Å². The molecule has 0 atom stereocenters. The first-order chi connectivity index (χ1) is 12.2. The largest absolute Gasteiger partial charge is 0.484 e. The number of rotatable bonds is 2. The molecule has 2 aliphatic carbocycles. The summed E-state index contributed by atoms with van der Waals surface area (Å²) < 4.78 is 6.49. The van der Waals surface area contributed by atoms with Crippen LogP contribution in [-0.2, 0) is 9.53 Å². The highest BCUT2D eigenvalue weighted by Crippen LogP contribution is 2.47. The van der Waals surface area contributed by atoms with Crippen LogP contribution in [0.5, 0.6) is 0 Å². The summed E-state index contributed by atoms with van der Waals surface area (Å²) in [5.41, 5.74) is 1.07. The maximum absolute atomic E-state index is 12.5. The molecule has 1 spiro atoms. The van der Waals surface area contributed by atoms with Crippen LogP contribution >= 0.6 is 11.8 Å². The molecule has 1 saturated carbocycles. The van der Waals surface area contributed by atoms with Gasteiger partial charge in [-0.05, 0) is 18.8 Å². The highest BCUT2D eigenvalue weighted by molar-refractivity contribution is 8.04. The Balaban J connectivity index is 1.41. The van der Waals surface area contributed by atoms with Crippen LogP contribution in [-0.4, -0.2) is 47.5 Å². The predicted octanol–water partition coefficient (Wildman–Crippen LogP) is 3.13. The predicted molar refractivity (Wildman–Crippen MR) is 97.4 cm³/mol. The minimum Gasteiger partial charge on any atom is -0.484 e. The van der Waals surface area contributed by atoms with E-state index >= 15 is 0 Å². The first-order valence-corrected chi connectivity index (χ1v) is 10.1. The number of benzene rings is 1. The van der Waals surface area contributed by atoms with Gasteiger partial charge < -0.3 is 9.64 Å². The van der Waals surface area contributed by atoms with Crippen LogP contribution in [0.15, 0.2) is 29.2 Å². The number of thioether (sulfide) groups is 1. The Labute approximate surface area is 151 Å². The van der Waals surface area contributed by atoms with Crippen molar-refractivity contribution in [1.29, 1.82) is 0 Å². The molecule has 2 heterocycles. The molecular weight excluding hydrogens is 334 g/mol. The number of allylic oxidation sites excluding steroid dienone is 1. The molecule has 0 bridgehead atoms. The second kappa shape index (κ2) is 5.71. The van der Waals surface area contributed by atoms with Gasteiger partial charge in [-0.15, -0.1) is 11.8 Å². The van der Waals surface area contributed by atoms with E-state index in [4.69, 9.17) is 4.74 Å². The Hall–Kier alpha value is -1.59. The van der Waals surface area contributed by atoms with Crippen LogP contribution < -0.4 is 0 Å². The number of hydrogen-bond donors (Lipinski definition) is 0. The summed E-state index contributed by atoms with van der Waals surface area (Å²) in [6.45, 7) is 3.36. The van der Waals surface area contributed by atoms with Crippen molar-refractivity contribution < 1.29 is 14.3 Å². The minimum absolute atomic E-state index is 0.197. The summed E-state index contributed by atoms with van der Waals surface area (Å²) in [7, 11) is 0. The van der Waals surface area contributed by atoms with Gasteiger partial charge in [-0.1, -0.05) is 24.3 Å². The number of fused-ring (bicyclic) bond motifs is 2. The molecule has 2 fully saturated rings. The average molecular weight is 355 g/mol. The first kappa shape index (κ1) is 15.6. The zero-order valence-electron chi connectivity index (χ0n) is 14.1. The number of ether oxygens (including phenoxy) is 1. The Morgan fingerprint density at radius 2 is 1.80 bits per heavy atom.